The van der Waals surface area contributed by atoms with E-state index in [4.69, 9.17) is 14.4 Å². The van der Waals surface area contributed by atoms with Gasteiger partial charge in [-0.1, -0.05) is 19.0 Å². The number of aryl methyl sites for hydroxylation is 3. The van der Waals surface area contributed by atoms with Crippen molar-refractivity contribution in [3.8, 4) is 28.6 Å². The quantitative estimate of drug-likeness (QED) is 0.335. The standard InChI is InChI=1S/C27H37N5O5/c1-7-18-10-20(9-17(5)24(18)36-15-22(34)13-28-23(35)14-33)25-30-27(37-31-25)21-11-19(8-2)26(29-12-21)32(6)16(3)4/h9-12,16,22,33-34H,7-8,13-15H2,1-6H3,(H,28,35)/t22-/m1/s1. The molecule has 1 amide bonds. The van der Waals surface area contributed by atoms with Gasteiger partial charge in [0.25, 0.3) is 5.89 Å². The van der Waals surface area contributed by atoms with Crippen LogP contribution in [0.1, 0.15) is 44.4 Å². The highest BCUT2D eigenvalue weighted by Crippen LogP contribution is 2.32. The molecule has 0 aliphatic carbocycles. The van der Waals surface area contributed by atoms with Crippen LogP contribution in [0.15, 0.2) is 28.9 Å². The Morgan fingerprint density at radius 3 is 2.51 bits per heavy atom. The van der Waals surface area contributed by atoms with Crippen LogP contribution in [0, 0.1) is 6.92 Å². The number of rotatable bonds is 12. The lowest BCUT2D eigenvalue weighted by Crippen LogP contribution is -2.36. The molecule has 0 fully saturated rings. The lowest BCUT2D eigenvalue weighted by Gasteiger charge is -2.25. The first-order valence-corrected chi connectivity index (χ1v) is 12.6. The topological polar surface area (TPSA) is 134 Å². The van der Waals surface area contributed by atoms with Crippen LogP contribution in [0.25, 0.3) is 22.8 Å². The number of pyridine rings is 1. The third-order valence-corrected chi connectivity index (χ3v) is 6.19. The molecule has 3 rings (SSSR count). The van der Waals surface area contributed by atoms with Crippen molar-refractivity contribution in [2.45, 2.75) is 59.6 Å². The molecular weight excluding hydrogens is 474 g/mol. The maximum Gasteiger partial charge on any atom is 0.259 e. The summed E-state index contributed by atoms with van der Waals surface area (Å²) < 4.78 is 11.5. The van der Waals surface area contributed by atoms with E-state index in [2.05, 4.69) is 46.1 Å². The summed E-state index contributed by atoms with van der Waals surface area (Å²) in [5.41, 5.74) is 4.47. The fourth-order valence-corrected chi connectivity index (χ4v) is 3.87. The van der Waals surface area contributed by atoms with E-state index < -0.39 is 18.6 Å². The molecule has 3 aromatic rings. The molecule has 200 valence electrons. The van der Waals surface area contributed by atoms with Gasteiger partial charge in [-0.3, -0.25) is 4.79 Å². The van der Waals surface area contributed by atoms with Crippen LogP contribution in [-0.2, 0) is 17.6 Å². The van der Waals surface area contributed by atoms with E-state index in [0.717, 1.165) is 40.1 Å². The van der Waals surface area contributed by atoms with E-state index in [1.165, 1.54) is 0 Å². The van der Waals surface area contributed by atoms with E-state index in [1.54, 1.807) is 6.20 Å². The van der Waals surface area contributed by atoms with Crippen molar-refractivity contribution in [3.05, 3.63) is 41.1 Å². The van der Waals surface area contributed by atoms with Gasteiger partial charge in [-0.2, -0.15) is 4.98 Å². The molecule has 2 heterocycles. The van der Waals surface area contributed by atoms with Gasteiger partial charge in [0.1, 0.15) is 30.9 Å². The van der Waals surface area contributed by atoms with Gasteiger partial charge in [-0.05, 0) is 68.5 Å². The number of carbonyl (C=O) groups is 1. The Morgan fingerprint density at radius 1 is 1.16 bits per heavy atom. The average molecular weight is 512 g/mol. The zero-order valence-corrected chi connectivity index (χ0v) is 22.4. The number of hydrogen-bond acceptors (Lipinski definition) is 9. The molecular formula is C27H37N5O5. The SMILES string of the molecule is CCc1cc(-c2nc(-c3cc(C)c(OC[C@H](O)CNC(=O)CO)c(CC)c3)no2)cnc1N(C)C(C)C. The fourth-order valence-electron chi connectivity index (χ4n) is 3.87. The molecule has 0 saturated heterocycles. The van der Waals surface area contributed by atoms with Gasteiger partial charge in [0.05, 0.1) is 5.56 Å². The Hall–Kier alpha value is -3.50. The number of aromatic nitrogens is 3. The second-order valence-electron chi connectivity index (χ2n) is 9.25. The third-order valence-electron chi connectivity index (χ3n) is 6.19. The Kier molecular flexibility index (Phi) is 9.60. The van der Waals surface area contributed by atoms with Crippen molar-refractivity contribution in [3.63, 3.8) is 0 Å². The van der Waals surface area contributed by atoms with E-state index in [0.29, 0.717) is 29.9 Å². The van der Waals surface area contributed by atoms with Crippen molar-refractivity contribution in [1.82, 2.24) is 20.4 Å². The largest absolute Gasteiger partial charge is 0.490 e. The van der Waals surface area contributed by atoms with Crippen molar-refractivity contribution >= 4 is 11.7 Å². The van der Waals surface area contributed by atoms with Gasteiger partial charge in [-0.25, -0.2) is 4.98 Å². The predicted octanol–water partition coefficient (Wildman–Crippen LogP) is 2.92. The Bertz CT molecular complexity index is 1210. The highest BCUT2D eigenvalue weighted by molar-refractivity contribution is 5.76. The summed E-state index contributed by atoms with van der Waals surface area (Å²) >= 11 is 0. The van der Waals surface area contributed by atoms with Crippen LogP contribution in [0.2, 0.25) is 0 Å². The second-order valence-corrected chi connectivity index (χ2v) is 9.25. The minimum atomic E-state index is -0.910. The Labute approximate surface area is 217 Å². The molecule has 0 unspecified atom stereocenters. The van der Waals surface area contributed by atoms with Crippen LogP contribution in [0.5, 0.6) is 5.75 Å². The summed E-state index contributed by atoms with van der Waals surface area (Å²) in [5.74, 6) is 1.94. The van der Waals surface area contributed by atoms with Crippen molar-refractivity contribution in [1.29, 1.82) is 0 Å². The van der Waals surface area contributed by atoms with Crippen LogP contribution in [0.3, 0.4) is 0 Å². The number of aliphatic hydroxyl groups excluding tert-OH is 2. The van der Waals surface area contributed by atoms with Gasteiger partial charge in [0.15, 0.2) is 0 Å². The maximum absolute atomic E-state index is 11.2. The number of amides is 1. The minimum absolute atomic E-state index is 0.00000862. The van der Waals surface area contributed by atoms with Gasteiger partial charge < -0.3 is 29.7 Å². The molecule has 37 heavy (non-hydrogen) atoms. The van der Waals surface area contributed by atoms with Crippen LogP contribution >= 0.6 is 0 Å². The fraction of sp³-hybridized carbons (Fsp3) is 0.481. The molecule has 0 aliphatic rings. The number of nitrogens with zero attached hydrogens (tertiary/aromatic N) is 4. The zero-order chi connectivity index (χ0) is 27.1. The summed E-state index contributed by atoms with van der Waals surface area (Å²) in [6.07, 6.45) is 2.38. The molecule has 10 heteroatoms. The van der Waals surface area contributed by atoms with E-state index in [1.807, 2.05) is 39.1 Å². The van der Waals surface area contributed by atoms with Crippen LogP contribution in [0.4, 0.5) is 5.82 Å². The van der Waals surface area contributed by atoms with E-state index in [-0.39, 0.29) is 13.2 Å². The summed E-state index contributed by atoms with van der Waals surface area (Å²) in [6, 6.07) is 6.25. The molecule has 2 aromatic heterocycles. The summed E-state index contributed by atoms with van der Waals surface area (Å²) in [5, 5.41) is 25.5. The number of carbonyl (C=O) groups excluding carboxylic acids is 1. The minimum Gasteiger partial charge on any atom is -0.490 e. The van der Waals surface area contributed by atoms with Gasteiger partial charge >= 0.3 is 0 Å². The monoisotopic (exact) mass is 511 g/mol. The maximum atomic E-state index is 11.2. The first kappa shape index (κ1) is 28.1. The summed E-state index contributed by atoms with van der Waals surface area (Å²) in [4.78, 5) is 22.6. The molecule has 0 aliphatic heterocycles. The van der Waals surface area contributed by atoms with Gasteiger partial charge in [0.2, 0.25) is 11.7 Å². The number of anilines is 1. The van der Waals surface area contributed by atoms with Crippen LogP contribution < -0.4 is 15.0 Å². The second kappa shape index (κ2) is 12.6. The molecule has 1 atom stereocenters. The molecule has 0 spiro atoms. The number of hydrogen-bond donors (Lipinski definition) is 3. The van der Waals surface area contributed by atoms with Gasteiger partial charge in [-0.15, -0.1) is 0 Å². The molecule has 10 nitrogen and oxygen atoms in total. The number of nitrogens with one attached hydrogen (secondary N) is 1. The van der Waals surface area contributed by atoms with E-state index in [9.17, 15) is 9.90 Å². The smallest absolute Gasteiger partial charge is 0.259 e. The van der Waals surface area contributed by atoms with Gasteiger partial charge in [0, 0.05) is 31.4 Å². The third kappa shape index (κ3) is 6.84. The van der Waals surface area contributed by atoms with Crippen molar-refractivity contribution < 1.29 is 24.3 Å². The first-order valence-electron chi connectivity index (χ1n) is 12.6. The number of aliphatic hydroxyl groups is 2. The highest BCUT2D eigenvalue weighted by atomic mass is 16.5. The average Bonchev–Trinajstić information content (AvgIpc) is 3.40. The Balaban J connectivity index is 1.80. The molecule has 0 saturated carbocycles. The molecule has 1 aromatic carbocycles. The number of ether oxygens (including phenoxy) is 1. The summed E-state index contributed by atoms with van der Waals surface area (Å²) in [7, 11) is 2.04. The normalized spacial score (nSPS) is 12.0. The lowest BCUT2D eigenvalue weighted by molar-refractivity contribution is -0.124. The lowest BCUT2D eigenvalue weighted by atomic mass is 10.0. The molecule has 0 radical (unpaired) electrons. The Morgan fingerprint density at radius 2 is 1.86 bits per heavy atom. The summed E-state index contributed by atoms with van der Waals surface area (Å²) in [6.45, 7) is 9.65. The number of benzene rings is 1. The molecule has 0 bridgehead atoms. The predicted molar refractivity (Wildman–Crippen MR) is 142 cm³/mol. The zero-order valence-electron chi connectivity index (χ0n) is 22.4. The molecule has 3 N–H and O–H groups in total. The van der Waals surface area contributed by atoms with Crippen LogP contribution in [-0.4, -0.2) is 70.2 Å². The highest BCUT2D eigenvalue weighted by Gasteiger charge is 2.18. The first-order chi connectivity index (χ1) is 17.7. The van der Waals surface area contributed by atoms with Crippen molar-refractivity contribution in [2.75, 3.05) is 31.7 Å². The van der Waals surface area contributed by atoms with Crippen molar-refractivity contribution in [2.24, 2.45) is 0 Å². The van der Waals surface area contributed by atoms with E-state index >= 15 is 0 Å².